The summed E-state index contributed by atoms with van der Waals surface area (Å²) in [6, 6.07) is 14.4. The molecule has 3 atom stereocenters. The Balaban J connectivity index is 1.77. The van der Waals surface area contributed by atoms with Gasteiger partial charge in [-0.05, 0) is 43.5 Å². The minimum Gasteiger partial charge on any atom is -0.386 e. The van der Waals surface area contributed by atoms with Crippen molar-refractivity contribution in [1.82, 2.24) is 4.98 Å². The minimum atomic E-state index is -0.548. The standard InChI is InChI=1S/C18H19NO2/c1-11-6-9-17(21-11)18(20)12-7-8-16-14(10-12)13-4-2-3-5-15(13)19-16/h2-5,7-8,10-11,17-20H,6,9H2,1H3. The quantitative estimate of drug-likeness (QED) is 0.747. The van der Waals surface area contributed by atoms with E-state index in [-0.39, 0.29) is 12.2 Å². The van der Waals surface area contributed by atoms with Gasteiger partial charge >= 0.3 is 0 Å². The van der Waals surface area contributed by atoms with Gasteiger partial charge in [0.2, 0.25) is 0 Å². The maximum atomic E-state index is 10.6. The summed E-state index contributed by atoms with van der Waals surface area (Å²) in [5, 5.41) is 12.9. The molecule has 21 heavy (non-hydrogen) atoms. The van der Waals surface area contributed by atoms with Gasteiger partial charge in [-0.15, -0.1) is 0 Å². The van der Waals surface area contributed by atoms with E-state index in [1.807, 2.05) is 24.3 Å². The van der Waals surface area contributed by atoms with Crippen molar-refractivity contribution in [2.75, 3.05) is 0 Å². The monoisotopic (exact) mass is 281 g/mol. The first-order chi connectivity index (χ1) is 10.2. The molecule has 1 saturated heterocycles. The molecule has 3 heteroatoms. The van der Waals surface area contributed by atoms with Gasteiger partial charge in [0.05, 0.1) is 12.2 Å². The van der Waals surface area contributed by atoms with Crippen molar-refractivity contribution < 1.29 is 9.84 Å². The number of aliphatic hydroxyl groups excluding tert-OH is 1. The molecular formula is C18H19NO2. The van der Waals surface area contributed by atoms with E-state index in [0.29, 0.717) is 0 Å². The van der Waals surface area contributed by atoms with Gasteiger partial charge in [0.1, 0.15) is 6.10 Å². The summed E-state index contributed by atoms with van der Waals surface area (Å²) in [5.74, 6) is 0. The van der Waals surface area contributed by atoms with Crippen LogP contribution in [0.5, 0.6) is 0 Å². The van der Waals surface area contributed by atoms with Crippen molar-refractivity contribution in [3.63, 3.8) is 0 Å². The summed E-state index contributed by atoms with van der Waals surface area (Å²) >= 11 is 0. The normalized spacial score (nSPS) is 23.9. The highest BCUT2D eigenvalue weighted by Crippen LogP contribution is 2.33. The van der Waals surface area contributed by atoms with Crippen LogP contribution in [0.25, 0.3) is 21.8 Å². The Bertz CT molecular complexity index is 792. The van der Waals surface area contributed by atoms with E-state index in [4.69, 9.17) is 4.74 Å². The number of rotatable bonds is 2. The zero-order valence-corrected chi connectivity index (χ0v) is 12.0. The first-order valence-electron chi connectivity index (χ1n) is 7.56. The molecule has 1 aromatic heterocycles. The van der Waals surface area contributed by atoms with Gasteiger partial charge in [0.25, 0.3) is 0 Å². The van der Waals surface area contributed by atoms with Crippen molar-refractivity contribution in [2.24, 2.45) is 0 Å². The van der Waals surface area contributed by atoms with Gasteiger partial charge in [-0.25, -0.2) is 0 Å². The molecule has 0 amide bonds. The first kappa shape index (κ1) is 12.9. The van der Waals surface area contributed by atoms with Crippen LogP contribution in [0.2, 0.25) is 0 Å². The highest BCUT2D eigenvalue weighted by molar-refractivity contribution is 6.07. The molecule has 2 heterocycles. The van der Waals surface area contributed by atoms with Crippen LogP contribution in [-0.2, 0) is 4.74 Å². The third kappa shape index (κ3) is 2.13. The number of hydrogen-bond donors (Lipinski definition) is 2. The highest BCUT2D eigenvalue weighted by Gasteiger charge is 2.29. The number of aromatic nitrogens is 1. The summed E-state index contributed by atoms with van der Waals surface area (Å²) in [6.45, 7) is 2.07. The number of fused-ring (bicyclic) bond motifs is 3. The fraction of sp³-hybridized carbons (Fsp3) is 0.333. The van der Waals surface area contributed by atoms with Gasteiger partial charge in [-0.2, -0.15) is 0 Å². The zero-order chi connectivity index (χ0) is 14.4. The lowest BCUT2D eigenvalue weighted by molar-refractivity contribution is -0.0297. The molecule has 1 aliphatic rings. The molecule has 1 fully saturated rings. The number of aliphatic hydroxyl groups is 1. The van der Waals surface area contributed by atoms with E-state index in [9.17, 15) is 5.11 Å². The predicted octanol–water partition coefficient (Wildman–Crippen LogP) is 3.92. The molecule has 0 aliphatic carbocycles. The maximum Gasteiger partial charge on any atom is 0.105 e. The second-order valence-corrected chi connectivity index (χ2v) is 5.98. The van der Waals surface area contributed by atoms with Gasteiger partial charge in [0.15, 0.2) is 0 Å². The van der Waals surface area contributed by atoms with Crippen molar-refractivity contribution in [3.8, 4) is 0 Å². The number of hydrogen-bond acceptors (Lipinski definition) is 2. The van der Waals surface area contributed by atoms with Crippen molar-refractivity contribution in [2.45, 2.75) is 38.1 Å². The Morgan fingerprint density at radius 1 is 1.10 bits per heavy atom. The average Bonchev–Trinajstić information content (AvgIpc) is 3.09. The molecule has 108 valence electrons. The largest absolute Gasteiger partial charge is 0.386 e. The predicted molar refractivity (Wildman–Crippen MR) is 84.3 cm³/mol. The fourth-order valence-electron chi connectivity index (χ4n) is 3.33. The Hall–Kier alpha value is -1.84. The lowest BCUT2D eigenvalue weighted by atomic mass is 10.00. The van der Waals surface area contributed by atoms with Gasteiger partial charge < -0.3 is 14.8 Å². The van der Waals surface area contributed by atoms with E-state index in [2.05, 4.69) is 30.1 Å². The third-order valence-electron chi connectivity index (χ3n) is 4.49. The number of para-hydroxylation sites is 1. The second-order valence-electron chi connectivity index (χ2n) is 5.98. The van der Waals surface area contributed by atoms with Crippen LogP contribution in [-0.4, -0.2) is 22.3 Å². The van der Waals surface area contributed by atoms with Crippen molar-refractivity contribution in [1.29, 1.82) is 0 Å². The minimum absolute atomic E-state index is 0.0809. The summed E-state index contributed by atoms with van der Waals surface area (Å²) in [4.78, 5) is 3.41. The summed E-state index contributed by atoms with van der Waals surface area (Å²) in [7, 11) is 0. The maximum absolute atomic E-state index is 10.6. The number of benzene rings is 2. The molecule has 1 aliphatic heterocycles. The smallest absolute Gasteiger partial charge is 0.105 e. The fourth-order valence-corrected chi connectivity index (χ4v) is 3.33. The van der Waals surface area contributed by atoms with Crippen LogP contribution in [0.4, 0.5) is 0 Å². The van der Waals surface area contributed by atoms with Crippen LogP contribution in [0.1, 0.15) is 31.4 Å². The number of ether oxygens (including phenoxy) is 1. The molecule has 0 spiro atoms. The van der Waals surface area contributed by atoms with Crippen LogP contribution in [0.15, 0.2) is 42.5 Å². The van der Waals surface area contributed by atoms with Crippen LogP contribution in [0.3, 0.4) is 0 Å². The molecule has 3 unspecified atom stereocenters. The molecular weight excluding hydrogens is 262 g/mol. The van der Waals surface area contributed by atoms with E-state index in [1.54, 1.807) is 0 Å². The van der Waals surface area contributed by atoms with Gasteiger partial charge in [-0.3, -0.25) is 0 Å². The van der Waals surface area contributed by atoms with E-state index in [1.165, 1.54) is 5.39 Å². The van der Waals surface area contributed by atoms with Crippen LogP contribution < -0.4 is 0 Å². The molecule has 3 nitrogen and oxygen atoms in total. The van der Waals surface area contributed by atoms with Gasteiger partial charge in [0, 0.05) is 21.8 Å². The summed E-state index contributed by atoms with van der Waals surface area (Å²) < 4.78 is 5.80. The zero-order valence-electron chi connectivity index (χ0n) is 12.0. The number of H-pyrrole nitrogens is 1. The van der Waals surface area contributed by atoms with Crippen LogP contribution in [0, 0.1) is 0 Å². The SMILES string of the molecule is CC1CCC(C(O)c2ccc3[nH]c4ccccc4c3c2)O1. The molecule has 2 N–H and O–H groups in total. The lowest BCUT2D eigenvalue weighted by Gasteiger charge is -2.18. The van der Waals surface area contributed by atoms with Crippen LogP contribution >= 0.6 is 0 Å². The first-order valence-corrected chi connectivity index (χ1v) is 7.56. The number of nitrogens with one attached hydrogen (secondary N) is 1. The van der Waals surface area contributed by atoms with Crippen molar-refractivity contribution >= 4 is 21.8 Å². The Labute approximate surface area is 123 Å². The topological polar surface area (TPSA) is 45.2 Å². The summed E-state index contributed by atoms with van der Waals surface area (Å²) in [6.07, 6.45) is 1.57. The lowest BCUT2D eigenvalue weighted by Crippen LogP contribution is -2.18. The summed E-state index contributed by atoms with van der Waals surface area (Å²) in [5.41, 5.74) is 3.17. The molecule has 4 rings (SSSR count). The van der Waals surface area contributed by atoms with E-state index >= 15 is 0 Å². The average molecular weight is 281 g/mol. The Morgan fingerprint density at radius 2 is 1.90 bits per heavy atom. The highest BCUT2D eigenvalue weighted by atomic mass is 16.5. The van der Waals surface area contributed by atoms with Gasteiger partial charge in [-0.1, -0.05) is 24.3 Å². The molecule has 0 saturated carbocycles. The number of aromatic amines is 1. The van der Waals surface area contributed by atoms with E-state index in [0.717, 1.165) is 34.8 Å². The third-order valence-corrected chi connectivity index (χ3v) is 4.49. The van der Waals surface area contributed by atoms with E-state index < -0.39 is 6.10 Å². The Kier molecular flexibility index (Phi) is 2.98. The molecule has 3 aromatic rings. The molecule has 0 radical (unpaired) electrons. The molecule has 2 aromatic carbocycles. The van der Waals surface area contributed by atoms with Crippen molar-refractivity contribution in [3.05, 3.63) is 48.0 Å². The second kappa shape index (κ2) is 4.86. The Morgan fingerprint density at radius 3 is 2.71 bits per heavy atom. The molecule has 0 bridgehead atoms.